The molecule has 0 heterocycles. The molecule has 0 amide bonds. The molecule has 1 nitrogen and oxygen atoms in total. The largest absolute Gasteiger partial charge is 0.289 e. The molecule has 0 radical (unpaired) electrons. The molecule has 0 saturated carbocycles. The van der Waals surface area contributed by atoms with E-state index in [1.807, 2.05) is 30.3 Å². The van der Waals surface area contributed by atoms with Gasteiger partial charge in [0.15, 0.2) is 0 Å². The first-order chi connectivity index (χ1) is 9.03. The van der Waals surface area contributed by atoms with Gasteiger partial charge in [0.05, 0.1) is 6.16 Å². The lowest BCUT2D eigenvalue weighted by molar-refractivity contribution is 0.592. The maximum Gasteiger partial charge on any atom is 0.257 e. The maximum atomic E-state index is 11.6. The lowest BCUT2D eigenvalue weighted by atomic mass is 10.0. The van der Waals surface area contributed by atoms with Crippen LogP contribution in [0.1, 0.15) is 5.56 Å². The Morgan fingerprint density at radius 3 is 2.16 bits per heavy atom. The molecule has 3 aromatic carbocycles. The minimum Gasteiger partial charge on any atom is -0.289 e. The van der Waals surface area contributed by atoms with Crippen LogP contribution in [0.4, 0.5) is 0 Å². The van der Waals surface area contributed by atoms with Gasteiger partial charge in [0, 0.05) is 0 Å². The van der Waals surface area contributed by atoms with Gasteiger partial charge in [0.2, 0.25) is 0 Å². The van der Waals surface area contributed by atoms with E-state index < -0.39 is 5.85 Å². The van der Waals surface area contributed by atoms with Crippen LogP contribution in [0.15, 0.2) is 54.6 Å². The molecule has 0 aliphatic carbocycles. The Kier molecular flexibility index (Phi) is 3.30. The third-order valence-electron chi connectivity index (χ3n) is 3.19. The summed E-state index contributed by atoms with van der Waals surface area (Å²) in [5.41, 5.74) is 0.927. The van der Waals surface area contributed by atoms with E-state index in [1.54, 1.807) is 0 Å². The van der Waals surface area contributed by atoms with Crippen molar-refractivity contribution in [2.45, 2.75) is 6.16 Å². The van der Waals surface area contributed by atoms with Crippen molar-refractivity contribution in [2.75, 3.05) is 0 Å². The zero-order valence-corrected chi connectivity index (χ0v) is 12.4. The number of benzene rings is 3. The summed E-state index contributed by atoms with van der Waals surface area (Å²) in [6.07, 6.45) is 0.200. The number of hydrogen-bond acceptors (Lipinski definition) is 1. The molecule has 0 unspecified atom stereocenters. The van der Waals surface area contributed by atoms with Crippen molar-refractivity contribution in [1.82, 2.24) is 0 Å². The van der Waals surface area contributed by atoms with Crippen molar-refractivity contribution in [2.24, 2.45) is 0 Å². The molecular formula is C15H11Cl2OP. The van der Waals surface area contributed by atoms with Gasteiger partial charge in [-0.2, -0.15) is 0 Å². The molecule has 19 heavy (non-hydrogen) atoms. The molecular weight excluding hydrogens is 298 g/mol. The smallest absolute Gasteiger partial charge is 0.257 e. The summed E-state index contributed by atoms with van der Waals surface area (Å²) >= 11 is 11.4. The first-order valence-electron chi connectivity index (χ1n) is 5.92. The second-order valence-corrected chi connectivity index (χ2v) is 9.82. The van der Waals surface area contributed by atoms with Crippen molar-refractivity contribution in [3.05, 3.63) is 60.2 Å². The lowest BCUT2D eigenvalue weighted by Crippen LogP contribution is -1.85. The lowest BCUT2D eigenvalue weighted by Gasteiger charge is -2.09. The van der Waals surface area contributed by atoms with Crippen molar-refractivity contribution >= 4 is 49.9 Å². The van der Waals surface area contributed by atoms with E-state index in [4.69, 9.17) is 22.5 Å². The van der Waals surface area contributed by atoms with E-state index in [9.17, 15) is 4.57 Å². The van der Waals surface area contributed by atoms with Gasteiger partial charge < -0.3 is 0 Å². The number of halogens is 2. The van der Waals surface area contributed by atoms with Crippen LogP contribution in [0.3, 0.4) is 0 Å². The van der Waals surface area contributed by atoms with E-state index >= 15 is 0 Å². The summed E-state index contributed by atoms with van der Waals surface area (Å²) in [6.45, 7) is 0. The fraction of sp³-hybridized carbons (Fsp3) is 0.0667. The number of rotatable bonds is 2. The Balaban J connectivity index is 2.29. The van der Waals surface area contributed by atoms with Gasteiger partial charge >= 0.3 is 0 Å². The molecule has 0 N–H and O–H groups in total. The predicted molar refractivity (Wildman–Crippen MR) is 84.5 cm³/mol. The van der Waals surface area contributed by atoms with Crippen molar-refractivity contribution in [1.29, 1.82) is 0 Å². The van der Waals surface area contributed by atoms with Crippen LogP contribution < -0.4 is 0 Å². The first-order valence-corrected chi connectivity index (χ1v) is 9.62. The summed E-state index contributed by atoms with van der Waals surface area (Å²) in [5.74, 6) is -3.11. The Hall–Kier alpha value is -1.01. The Bertz CT molecular complexity index is 807. The molecule has 0 saturated heterocycles. The van der Waals surface area contributed by atoms with Crippen molar-refractivity contribution in [3.8, 4) is 0 Å². The second-order valence-electron chi connectivity index (χ2n) is 4.57. The zero-order valence-electron chi connectivity index (χ0n) is 10.0. The summed E-state index contributed by atoms with van der Waals surface area (Å²) in [5, 5.41) is 4.51. The van der Waals surface area contributed by atoms with Crippen molar-refractivity contribution < 1.29 is 4.57 Å². The van der Waals surface area contributed by atoms with Gasteiger partial charge in [-0.3, -0.25) is 4.57 Å². The number of fused-ring (bicyclic) bond motifs is 2. The number of hydrogen-bond donors (Lipinski definition) is 0. The highest BCUT2D eigenvalue weighted by Crippen LogP contribution is 2.59. The van der Waals surface area contributed by atoms with Crippen LogP contribution in [-0.2, 0) is 10.7 Å². The zero-order chi connectivity index (χ0) is 13.5. The monoisotopic (exact) mass is 308 g/mol. The highest BCUT2D eigenvalue weighted by molar-refractivity contribution is 8.08. The molecule has 0 aliphatic heterocycles. The highest BCUT2D eigenvalue weighted by atomic mass is 35.9. The summed E-state index contributed by atoms with van der Waals surface area (Å²) in [4.78, 5) is 0. The van der Waals surface area contributed by atoms with Crippen LogP contribution in [-0.4, -0.2) is 0 Å². The minimum absolute atomic E-state index is 0.200. The van der Waals surface area contributed by atoms with E-state index in [0.717, 1.165) is 21.7 Å². The van der Waals surface area contributed by atoms with Crippen LogP contribution in [0, 0.1) is 0 Å². The Morgan fingerprint density at radius 1 is 0.842 bits per heavy atom. The van der Waals surface area contributed by atoms with Gasteiger partial charge in [-0.15, -0.1) is 0 Å². The van der Waals surface area contributed by atoms with E-state index in [1.165, 1.54) is 5.39 Å². The van der Waals surface area contributed by atoms with Gasteiger partial charge in [-0.25, -0.2) is 0 Å². The maximum absolute atomic E-state index is 11.6. The Morgan fingerprint density at radius 2 is 1.47 bits per heavy atom. The van der Waals surface area contributed by atoms with Crippen LogP contribution in [0.25, 0.3) is 21.5 Å². The van der Waals surface area contributed by atoms with Crippen LogP contribution in [0.2, 0.25) is 0 Å². The first kappa shape index (κ1) is 13.0. The average Bonchev–Trinajstić information content (AvgIpc) is 2.35. The molecule has 96 valence electrons. The third kappa shape index (κ3) is 2.79. The molecule has 0 spiro atoms. The van der Waals surface area contributed by atoms with Gasteiger partial charge in [0.1, 0.15) is 0 Å². The highest BCUT2D eigenvalue weighted by Gasteiger charge is 2.16. The van der Waals surface area contributed by atoms with Gasteiger partial charge in [0.25, 0.3) is 5.85 Å². The molecule has 3 aromatic rings. The quantitative estimate of drug-likeness (QED) is 0.409. The van der Waals surface area contributed by atoms with E-state index in [0.29, 0.717) is 0 Å². The fourth-order valence-electron chi connectivity index (χ4n) is 2.37. The molecule has 3 rings (SSSR count). The Labute approximate surface area is 121 Å². The third-order valence-corrected chi connectivity index (χ3v) is 4.62. The van der Waals surface area contributed by atoms with Crippen LogP contribution in [0.5, 0.6) is 0 Å². The van der Waals surface area contributed by atoms with Crippen LogP contribution >= 0.6 is 28.3 Å². The van der Waals surface area contributed by atoms with Crippen molar-refractivity contribution in [3.63, 3.8) is 0 Å². The second kappa shape index (κ2) is 4.83. The molecule has 0 aliphatic rings. The van der Waals surface area contributed by atoms with Gasteiger partial charge in [-0.05, 0) is 61.7 Å². The standard InChI is InChI=1S/C15H11Cl2OP/c16-19(17,18)10-14-7-3-6-13-8-11-4-1-2-5-12(11)9-15(13)14/h1-9H,10H2. The SMILES string of the molecule is O=P(Cl)(Cl)Cc1cccc2cc3ccccc3cc12. The molecule has 0 fully saturated rings. The topological polar surface area (TPSA) is 17.1 Å². The molecule has 0 bridgehead atoms. The summed E-state index contributed by atoms with van der Waals surface area (Å²) in [6, 6.07) is 18.3. The molecule has 0 aromatic heterocycles. The fourth-order valence-corrected chi connectivity index (χ4v) is 3.81. The minimum atomic E-state index is -3.11. The molecule has 0 atom stereocenters. The summed E-state index contributed by atoms with van der Waals surface area (Å²) < 4.78 is 11.6. The molecule has 4 heteroatoms. The predicted octanol–water partition coefficient (Wildman–Crippen LogP) is 6.16. The normalized spacial score (nSPS) is 12.1. The summed E-state index contributed by atoms with van der Waals surface area (Å²) in [7, 11) is 0. The van der Waals surface area contributed by atoms with E-state index in [-0.39, 0.29) is 6.16 Å². The van der Waals surface area contributed by atoms with Gasteiger partial charge in [-0.1, -0.05) is 42.5 Å². The average molecular weight is 309 g/mol. The van der Waals surface area contributed by atoms with E-state index in [2.05, 4.69) is 24.3 Å².